The van der Waals surface area contributed by atoms with Crippen molar-refractivity contribution in [3.05, 3.63) is 56.9 Å². The van der Waals surface area contributed by atoms with Gasteiger partial charge in [-0.25, -0.2) is 0 Å². The third-order valence-electron chi connectivity index (χ3n) is 6.09. The standard InChI is InChI=1S/C28H38S2/c1-3-5-7-9-11-13-25-19-29-21-27(25)23-15-17-24(18-16-23)28-22-30-20-26(28)14-12-10-8-6-4-2/h15-22H,3-14H2,1-2H3. The van der Waals surface area contributed by atoms with Crippen LogP contribution in [0.25, 0.3) is 22.3 Å². The molecule has 0 nitrogen and oxygen atoms in total. The molecule has 2 heteroatoms. The van der Waals surface area contributed by atoms with Crippen molar-refractivity contribution in [2.45, 2.75) is 90.9 Å². The van der Waals surface area contributed by atoms with Crippen LogP contribution in [-0.2, 0) is 12.8 Å². The highest BCUT2D eigenvalue weighted by molar-refractivity contribution is 7.08. The van der Waals surface area contributed by atoms with Crippen LogP contribution in [0.2, 0.25) is 0 Å². The van der Waals surface area contributed by atoms with E-state index in [1.54, 1.807) is 0 Å². The molecule has 2 aromatic heterocycles. The van der Waals surface area contributed by atoms with E-state index in [0.717, 1.165) is 0 Å². The Balaban J connectivity index is 1.60. The topological polar surface area (TPSA) is 0 Å². The van der Waals surface area contributed by atoms with E-state index in [0.29, 0.717) is 0 Å². The first kappa shape index (κ1) is 23.3. The molecular formula is C28H38S2. The minimum Gasteiger partial charge on any atom is -0.151 e. The molecule has 0 radical (unpaired) electrons. The summed E-state index contributed by atoms with van der Waals surface area (Å²) in [6, 6.07) is 9.34. The minimum atomic E-state index is 1.22. The van der Waals surface area contributed by atoms with Crippen LogP contribution in [-0.4, -0.2) is 0 Å². The number of aryl methyl sites for hydroxylation is 2. The molecular weight excluding hydrogens is 400 g/mol. The number of rotatable bonds is 14. The van der Waals surface area contributed by atoms with Crippen molar-refractivity contribution in [1.29, 1.82) is 0 Å². The molecule has 2 heterocycles. The summed E-state index contributed by atoms with van der Waals surface area (Å²) in [5, 5.41) is 9.39. The van der Waals surface area contributed by atoms with E-state index in [4.69, 9.17) is 0 Å². The first-order chi connectivity index (χ1) is 14.8. The van der Waals surface area contributed by atoms with Gasteiger partial charge in [0, 0.05) is 0 Å². The minimum absolute atomic E-state index is 1.22. The fourth-order valence-electron chi connectivity index (χ4n) is 4.21. The van der Waals surface area contributed by atoms with Gasteiger partial charge in [-0.3, -0.25) is 0 Å². The van der Waals surface area contributed by atoms with Gasteiger partial charge in [-0.15, -0.1) is 0 Å². The zero-order chi connectivity index (χ0) is 21.0. The summed E-state index contributed by atoms with van der Waals surface area (Å²) in [4.78, 5) is 0. The van der Waals surface area contributed by atoms with Gasteiger partial charge in [0.1, 0.15) is 0 Å². The van der Waals surface area contributed by atoms with Crippen LogP contribution in [0.4, 0.5) is 0 Å². The fourth-order valence-corrected chi connectivity index (χ4v) is 6.01. The summed E-state index contributed by atoms with van der Waals surface area (Å²) in [5.41, 5.74) is 8.71. The molecule has 162 valence electrons. The number of hydrogen-bond acceptors (Lipinski definition) is 2. The summed E-state index contributed by atoms with van der Waals surface area (Å²) in [7, 11) is 0. The average molecular weight is 439 g/mol. The van der Waals surface area contributed by atoms with E-state index < -0.39 is 0 Å². The van der Waals surface area contributed by atoms with Crippen LogP contribution < -0.4 is 0 Å². The van der Waals surface area contributed by atoms with E-state index in [1.807, 2.05) is 22.7 Å². The van der Waals surface area contributed by atoms with E-state index >= 15 is 0 Å². The molecule has 0 aliphatic carbocycles. The summed E-state index contributed by atoms with van der Waals surface area (Å²) >= 11 is 3.70. The van der Waals surface area contributed by atoms with Gasteiger partial charge in [0.15, 0.2) is 0 Å². The lowest BCUT2D eigenvalue weighted by molar-refractivity contribution is 0.633. The highest BCUT2D eigenvalue weighted by Crippen LogP contribution is 2.33. The predicted molar refractivity (Wildman–Crippen MR) is 138 cm³/mol. The number of hydrogen-bond donors (Lipinski definition) is 0. The second kappa shape index (κ2) is 13.1. The Kier molecular flexibility index (Phi) is 10.2. The van der Waals surface area contributed by atoms with Crippen LogP contribution in [0.1, 0.15) is 89.2 Å². The fraction of sp³-hybridized carbons (Fsp3) is 0.500. The first-order valence-electron chi connectivity index (χ1n) is 12.0. The van der Waals surface area contributed by atoms with Crippen molar-refractivity contribution in [2.24, 2.45) is 0 Å². The van der Waals surface area contributed by atoms with Gasteiger partial charge in [0.05, 0.1) is 0 Å². The van der Waals surface area contributed by atoms with Crippen LogP contribution in [0.15, 0.2) is 45.8 Å². The normalized spacial score (nSPS) is 11.3. The highest BCUT2D eigenvalue weighted by atomic mass is 32.1. The molecule has 0 saturated carbocycles. The summed E-state index contributed by atoms with van der Waals surface area (Å²) < 4.78 is 0. The van der Waals surface area contributed by atoms with Crippen molar-refractivity contribution >= 4 is 22.7 Å². The second-order valence-electron chi connectivity index (χ2n) is 8.53. The van der Waals surface area contributed by atoms with Crippen LogP contribution in [0.5, 0.6) is 0 Å². The SMILES string of the molecule is CCCCCCCc1cscc1-c1ccc(-c2cscc2CCCCCCC)cc1. The van der Waals surface area contributed by atoms with Gasteiger partial charge in [-0.2, -0.15) is 22.7 Å². The van der Waals surface area contributed by atoms with E-state index in [9.17, 15) is 0 Å². The third kappa shape index (κ3) is 6.82. The van der Waals surface area contributed by atoms with Crippen molar-refractivity contribution in [2.75, 3.05) is 0 Å². The molecule has 0 fully saturated rings. The molecule has 0 spiro atoms. The summed E-state index contributed by atoms with van der Waals surface area (Å²) in [5.74, 6) is 0. The Morgan fingerprint density at radius 1 is 0.500 bits per heavy atom. The molecule has 0 N–H and O–H groups in total. The monoisotopic (exact) mass is 438 g/mol. The van der Waals surface area contributed by atoms with Gasteiger partial charge in [0.25, 0.3) is 0 Å². The number of unbranched alkanes of at least 4 members (excludes halogenated alkanes) is 8. The maximum Gasteiger partial charge on any atom is -0.00119 e. The second-order valence-corrected chi connectivity index (χ2v) is 10.0. The van der Waals surface area contributed by atoms with E-state index in [2.05, 4.69) is 59.6 Å². The van der Waals surface area contributed by atoms with E-state index in [-0.39, 0.29) is 0 Å². The molecule has 1 aromatic carbocycles. The molecule has 0 unspecified atom stereocenters. The lowest BCUT2D eigenvalue weighted by atomic mass is 9.96. The van der Waals surface area contributed by atoms with Crippen LogP contribution in [0.3, 0.4) is 0 Å². The smallest absolute Gasteiger partial charge is 0.00119 e. The number of thiophene rings is 2. The van der Waals surface area contributed by atoms with E-state index in [1.165, 1.54) is 110 Å². The highest BCUT2D eigenvalue weighted by Gasteiger charge is 2.10. The average Bonchev–Trinajstić information content (AvgIpc) is 3.43. The maximum absolute atomic E-state index is 2.36. The molecule has 0 aliphatic heterocycles. The Morgan fingerprint density at radius 2 is 0.900 bits per heavy atom. The van der Waals surface area contributed by atoms with Crippen LogP contribution in [0, 0.1) is 0 Å². The quantitative estimate of drug-likeness (QED) is 0.220. The maximum atomic E-state index is 2.36. The largest absolute Gasteiger partial charge is 0.151 e. The Hall–Kier alpha value is -1.38. The molecule has 0 aliphatic rings. The molecule has 0 amide bonds. The third-order valence-corrected chi connectivity index (χ3v) is 7.68. The molecule has 3 aromatic rings. The zero-order valence-corrected chi connectivity index (χ0v) is 20.6. The summed E-state index contributed by atoms with van der Waals surface area (Å²) in [6.07, 6.45) is 16.0. The van der Waals surface area contributed by atoms with Gasteiger partial charge < -0.3 is 0 Å². The van der Waals surface area contributed by atoms with Crippen molar-refractivity contribution in [3.8, 4) is 22.3 Å². The lowest BCUT2D eigenvalue weighted by Gasteiger charge is -2.08. The molecule has 0 saturated heterocycles. The zero-order valence-electron chi connectivity index (χ0n) is 18.9. The first-order valence-corrected chi connectivity index (χ1v) is 13.9. The van der Waals surface area contributed by atoms with Gasteiger partial charge >= 0.3 is 0 Å². The summed E-state index contributed by atoms with van der Waals surface area (Å²) in [6.45, 7) is 4.57. The Morgan fingerprint density at radius 3 is 1.30 bits per heavy atom. The van der Waals surface area contributed by atoms with Crippen molar-refractivity contribution in [1.82, 2.24) is 0 Å². The Labute approximate surface area is 192 Å². The molecule has 0 bridgehead atoms. The molecule has 30 heavy (non-hydrogen) atoms. The van der Waals surface area contributed by atoms with Crippen molar-refractivity contribution in [3.63, 3.8) is 0 Å². The molecule has 3 rings (SSSR count). The van der Waals surface area contributed by atoms with Gasteiger partial charge in [-0.1, -0.05) is 89.5 Å². The van der Waals surface area contributed by atoms with Gasteiger partial charge in [-0.05, 0) is 80.6 Å². The Bertz CT molecular complexity index is 766. The molecule has 0 atom stereocenters. The van der Waals surface area contributed by atoms with Crippen LogP contribution >= 0.6 is 22.7 Å². The van der Waals surface area contributed by atoms with Crippen molar-refractivity contribution < 1.29 is 0 Å². The number of benzene rings is 1. The lowest BCUT2D eigenvalue weighted by Crippen LogP contribution is -1.89. The predicted octanol–water partition coefficient (Wildman–Crippen LogP) is 10.2. The van der Waals surface area contributed by atoms with Gasteiger partial charge in [0.2, 0.25) is 0 Å².